The van der Waals surface area contributed by atoms with Crippen LogP contribution in [0.4, 0.5) is 0 Å². The van der Waals surface area contributed by atoms with Crippen LogP contribution in [0.25, 0.3) is 5.65 Å². The summed E-state index contributed by atoms with van der Waals surface area (Å²) in [5.41, 5.74) is 2.82. The summed E-state index contributed by atoms with van der Waals surface area (Å²) < 4.78 is 2.02. The van der Waals surface area contributed by atoms with Crippen LogP contribution in [0.1, 0.15) is 37.2 Å². The Balaban J connectivity index is 2.41. The fraction of sp³-hybridized carbons (Fsp3) is 0.467. The number of imidazole rings is 1. The molecule has 0 aliphatic heterocycles. The second-order valence-electron chi connectivity index (χ2n) is 4.88. The van der Waals surface area contributed by atoms with Gasteiger partial charge in [-0.3, -0.25) is 4.90 Å². The number of hydrogen-bond donors (Lipinski definition) is 0. The van der Waals surface area contributed by atoms with Crippen molar-refractivity contribution in [2.75, 3.05) is 13.6 Å². The minimum atomic E-state index is -0.246. The van der Waals surface area contributed by atoms with Crippen molar-refractivity contribution in [3.8, 4) is 6.07 Å². The van der Waals surface area contributed by atoms with Crippen molar-refractivity contribution in [1.29, 1.82) is 5.26 Å². The molecule has 2 rings (SSSR count). The van der Waals surface area contributed by atoms with Gasteiger partial charge in [-0.2, -0.15) is 5.26 Å². The lowest BCUT2D eigenvalue weighted by molar-refractivity contribution is 0.281. The fourth-order valence-electron chi connectivity index (χ4n) is 2.37. The molecule has 0 amide bonds. The summed E-state index contributed by atoms with van der Waals surface area (Å²) in [5, 5.41) is 9.52. The van der Waals surface area contributed by atoms with E-state index in [2.05, 4.69) is 22.9 Å². The highest BCUT2D eigenvalue weighted by Gasteiger charge is 2.22. The van der Waals surface area contributed by atoms with Gasteiger partial charge >= 0.3 is 0 Å². The summed E-state index contributed by atoms with van der Waals surface area (Å²) in [5.74, 6) is 0. The third kappa shape index (κ3) is 2.61. The van der Waals surface area contributed by atoms with Gasteiger partial charge in [0.2, 0.25) is 0 Å². The fourth-order valence-corrected chi connectivity index (χ4v) is 2.37. The van der Waals surface area contributed by atoms with Crippen LogP contribution in [-0.4, -0.2) is 27.9 Å². The van der Waals surface area contributed by atoms with Crippen LogP contribution in [0.3, 0.4) is 0 Å². The van der Waals surface area contributed by atoms with Crippen molar-refractivity contribution < 1.29 is 0 Å². The summed E-state index contributed by atoms with van der Waals surface area (Å²) in [6.07, 6.45) is 4.21. The Labute approximate surface area is 114 Å². The first-order valence-electron chi connectivity index (χ1n) is 6.72. The van der Waals surface area contributed by atoms with Gasteiger partial charge in [0, 0.05) is 6.20 Å². The van der Waals surface area contributed by atoms with Crippen LogP contribution in [-0.2, 0) is 0 Å². The van der Waals surface area contributed by atoms with Gasteiger partial charge in [-0.05, 0) is 39.1 Å². The molecule has 0 saturated heterocycles. The molecule has 4 heteroatoms. The molecule has 4 nitrogen and oxygen atoms in total. The number of rotatable bonds is 5. The topological polar surface area (TPSA) is 44.3 Å². The highest BCUT2D eigenvalue weighted by Crippen LogP contribution is 2.23. The number of pyridine rings is 1. The molecule has 0 saturated carbocycles. The van der Waals surface area contributed by atoms with E-state index in [1.54, 1.807) is 0 Å². The molecule has 0 radical (unpaired) electrons. The molecule has 2 aromatic rings. The molecule has 0 bridgehead atoms. The number of nitrogens with zero attached hydrogens (tertiary/aromatic N) is 4. The van der Waals surface area contributed by atoms with Crippen LogP contribution in [0, 0.1) is 18.3 Å². The SMILES string of the molecule is CCCCN(C)C(C#N)c1c(C)nc2ccccn12. The van der Waals surface area contributed by atoms with E-state index in [0.717, 1.165) is 36.4 Å². The molecule has 0 N–H and O–H groups in total. The Kier molecular flexibility index (Phi) is 4.18. The lowest BCUT2D eigenvalue weighted by Crippen LogP contribution is -2.26. The normalized spacial score (nSPS) is 12.8. The maximum atomic E-state index is 9.52. The van der Waals surface area contributed by atoms with E-state index < -0.39 is 0 Å². The zero-order valence-electron chi connectivity index (χ0n) is 11.8. The van der Waals surface area contributed by atoms with Gasteiger partial charge in [0.15, 0.2) is 0 Å². The minimum absolute atomic E-state index is 0.246. The molecule has 0 aliphatic rings. The van der Waals surface area contributed by atoms with Crippen LogP contribution in [0.5, 0.6) is 0 Å². The Morgan fingerprint density at radius 2 is 2.26 bits per heavy atom. The molecule has 0 aliphatic carbocycles. The van der Waals surface area contributed by atoms with Gasteiger partial charge in [0.1, 0.15) is 11.7 Å². The number of fused-ring (bicyclic) bond motifs is 1. The Morgan fingerprint density at radius 3 is 2.95 bits per heavy atom. The molecule has 0 spiro atoms. The molecule has 0 aromatic carbocycles. The number of hydrogen-bond acceptors (Lipinski definition) is 3. The van der Waals surface area contributed by atoms with Crippen LogP contribution in [0.15, 0.2) is 24.4 Å². The molecule has 100 valence electrons. The average Bonchev–Trinajstić information content (AvgIpc) is 2.74. The zero-order chi connectivity index (χ0) is 13.8. The Hall–Kier alpha value is -1.86. The lowest BCUT2D eigenvalue weighted by Gasteiger charge is -2.22. The van der Waals surface area contributed by atoms with Crippen molar-refractivity contribution >= 4 is 5.65 Å². The van der Waals surface area contributed by atoms with Crippen molar-refractivity contribution in [2.24, 2.45) is 0 Å². The van der Waals surface area contributed by atoms with Gasteiger partial charge in [-0.15, -0.1) is 0 Å². The largest absolute Gasteiger partial charge is 0.301 e. The van der Waals surface area contributed by atoms with Crippen molar-refractivity contribution in [1.82, 2.24) is 14.3 Å². The van der Waals surface area contributed by atoms with Gasteiger partial charge < -0.3 is 4.40 Å². The summed E-state index contributed by atoms with van der Waals surface area (Å²) in [7, 11) is 2.01. The second-order valence-corrected chi connectivity index (χ2v) is 4.88. The van der Waals surface area contributed by atoms with Gasteiger partial charge in [-0.1, -0.05) is 19.4 Å². The zero-order valence-corrected chi connectivity index (χ0v) is 11.8. The van der Waals surface area contributed by atoms with Gasteiger partial charge in [0.25, 0.3) is 0 Å². The first kappa shape index (κ1) is 13.6. The molecular formula is C15H20N4. The molecule has 1 unspecified atom stereocenters. The predicted octanol–water partition coefficient (Wildman–Crippen LogP) is 2.94. The van der Waals surface area contributed by atoms with Crippen molar-refractivity contribution in [2.45, 2.75) is 32.7 Å². The van der Waals surface area contributed by atoms with E-state index in [1.807, 2.05) is 42.8 Å². The summed E-state index contributed by atoms with van der Waals surface area (Å²) in [4.78, 5) is 6.63. The summed E-state index contributed by atoms with van der Waals surface area (Å²) in [6, 6.07) is 8.07. The maximum absolute atomic E-state index is 9.52. The number of aryl methyl sites for hydroxylation is 1. The molecule has 2 aromatic heterocycles. The smallest absolute Gasteiger partial charge is 0.140 e. The van der Waals surface area contributed by atoms with Crippen LogP contribution in [0.2, 0.25) is 0 Å². The summed E-state index contributed by atoms with van der Waals surface area (Å²) >= 11 is 0. The molecule has 2 heterocycles. The van der Waals surface area contributed by atoms with E-state index in [0.29, 0.717) is 0 Å². The first-order chi connectivity index (χ1) is 9.19. The van der Waals surface area contributed by atoms with E-state index in [9.17, 15) is 5.26 Å². The lowest BCUT2D eigenvalue weighted by atomic mass is 10.1. The van der Waals surface area contributed by atoms with E-state index in [4.69, 9.17) is 0 Å². The average molecular weight is 256 g/mol. The Bertz CT molecular complexity index is 594. The quantitative estimate of drug-likeness (QED) is 0.826. The van der Waals surface area contributed by atoms with E-state index >= 15 is 0 Å². The third-order valence-corrected chi connectivity index (χ3v) is 3.44. The minimum Gasteiger partial charge on any atom is -0.301 e. The number of nitriles is 1. The van der Waals surface area contributed by atoms with Crippen LogP contribution < -0.4 is 0 Å². The van der Waals surface area contributed by atoms with Gasteiger partial charge in [0.05, 0.1) is 17.5 Å². The molecule has 1 atom stereocenters. The molecular weight excluding hydrogens is 236 g/mol. The third-order valence-electron chi connectivity index (χ3n) is 3.44. The number of aromatic nitrogens is 2. The highest BCUT2D eigenvalue weighted by atomic mass is 15.2. The Morgan fingerprint density at radius 1 is 1.47 bits per heavy atom. The summed E-state index contributed by atoms with van der Waals surface area (Å²) in [6.45, 7) is 5.06. The second kappa shape index (κ2) is 5.85. The maximum Gasteiger partial charge on any atom is 0.140 e. The van der Waals surface area contributed by atoms with E-state index in [1.165, 1.54) is 0 Å². The highest BCUT2D eigenvalue weighted by molar-refractivity contribution is 5.44. The predicted molar refractivity (Wildman–Crippen MR) is 75.8 cm³/mol. The van der Waals surface area contributed by atoms with Crippen molar-refractivity contribution in [3.63, 3.8) is 0 Å². The van der Waals surface area contributed by atoms with E-state index in [-0.39, 0.29) is 6.04 Å². The standard InChI is InChI=1S/C15H20N4/c1-4-5-9-18(3)13(11-16)15-12(2)17-14-8-6-7-10-19(14)15/h6-8,10,13H,4-5,9H2,1-3H3. The number of unbranched alkanes of at least 4 members (excludes halogenated alkanes) is 1. The molecule has 0 fully saturated rings. The monoisotopic (exact) mass is 256 g/mol. The van der Waals surface area contributed by atoms with Crippen LogP contribution >= 0.6 is 0 Å². The van der Waals surface area contributed by atoms with Gasteiger partial charge in [-0.25, -0.2) is 4.98 Å². The van der Waals surface area contributed by atoms with Crippen molar-refractivity contribution in [3.05, 3.63) is 35.8 Å². The first-order valence-corrected chi connectivity index (χ1v) is 6.72. The molecule has 19 heavy (non-hydrogen) atoms.